The molecule has 4 heterocycles. The van der Waals surface area contributed by atoms with Crippen molar-refractivity contribution in [3.8, 4) is 0 Å². The number of imidazole rings is 1. The van der Waals surface area contributed by atoms with Crippen LogP contribution in [0, 0.1) is 0 Å². The number of primary amides is 1. The lowest BCUT2D eigenvalue weighted by Gasteiger charge is -2.24. The lowest BCUT2D eigenvalue weighted by atomic mass is 9.90. The molecule has 1 saturated heterocycles. The van der Waals surface area contributed by atoms with E-state index in [4.69, 9.17) is 31.3 Å². The Hall–Kier alpha value is -4.46. The topological polar surface area (TPSA) is 212 Å². The first-order valence-electron chi connectivity index (χ1n) is 13.2. The first-order chi connectivity index (χ1) is 19.7. The number of rotatable bonds is 11. The number of hydrogen-bond acceptors (Lipinski definition) is 10. The predicted octanol–water partition coefficient (Wildman–Crippen LogP) is 1.16. The van der Waals surface area contributed by atoms with Gasteiger partial charge in [-0.15, -0.1) is 0 Å². The molecule has 5 atom stereocenters. The average Bonchev–Trinajstić information content (AvgIpc) is 3.64. The molecule has 0 spiro atoms. The zero-order valence-corrected chi connectivity index (χ0v) is 22.1. The number of aryl methyl sites for hydroxylation is 1. The van der Waals surface area contributed by atoms with Gasteiger partial charge in [-0.3, -0.25) is 14.4 Å². The standard InChI is InChI=1S/C28H31N7O6/c29-19(36)8-4-7-18-22(39)23(40)26(41-18)35-15-31-21-24(30)33-27(34-25(21)35)28(12-11-16-5-2-1-3-6-16)13-17(14-32-28)9-10-20(37)38/h1-3,5-6,9-10,13-15,18,22-23,26,39-40H,4,7-8,11-12H2,(H2,29,36)(H,37,38)(H2,30,33,34)/t18-,22?,23?,26-,28?/m1/s1. The lowest BCUT2D eigenvalue weighted by Crippen LogP contribution is -2.31. The number of aliphatic imine (C=N–C) groups is 1. The van der Waals surface area contributed by atoms with E-state index in [0.717, 1.165) is 11.6 Å². The number of aliphatic hydroxyl groups is 2. The van der Waals surface area contributed by atoms with Gasteiger partial charge in [0.1, 0.15) is 23.3 Å². The first kappa shape index (κ1) is 28.1. The molecule has 1 aromatic carbocycles. The molecule has 41 heavy (non-hydrogen) atoms. The van der Waals surface area contributed by atoms with E-state index >= 15 is 0 Å². The highest BCUT2D eigenvalue weighted by molar-refractivity contribution is 5.90. The number of carboxylic acids is 1. The van der Waals surface area contributed by atoms with E-state index in [1.807, 2.05) is 30.3 Å². The molecule has 1 amide bonds. The van der Waals surface area contributed by atoms with E-state index in [-0.39, 0.29) is 29.2 Å². The highest BCUT2D eigenvalue weighted by atomic mass is 16.6. The number of allylic oxidation sites excluding steroid dienone is 2. The fourth-order valence-electron chi connectivity index (χ4n) is 5.14. The van der Waals surface area contributed by atoms with E-state index in [1.165, 1.54) is 17.0 Å². The molecule has 5 rings (SSSR count). The van der Waals surface area contributed by atoms with Gasteiger partial charge in [0, 0.05) is 18.7 Å². The predicted molar refractivity (Wildman–Crippen MR) is 148 cm³/mol. The minimum atomic E-state index is -1.30. The summed E-state index contributed by atoms with van der Waals surface area (Å²) in [4.78, 5) is 40.6. The highest BCUT2D eigenvalue weighted by Crippen LogP contribution is 2.38. The van der Waals surface area contributed by atoms with Crippen LogP contribution in [-0.4, -0.2) is 71.2 Å². The summed E-state index contributed by atoms with van der Waals surface area (Å²) in [5.41, 5.74) is 12.7. The smallest absolute Gasteiger partial charge is 0.328 e. The molecule has 1 fully saturated rings. The Kier molecular flexibility index (Phi) is 7.92. The van der Waals surface area contributed by atoms with Gasteiger partial charge in [0.25, 0.3) is 0 Å². The van der Waals surface area contributed by atoms with Crippen LogP contribution in [0.1, 0.15) is 43.3 Å². The van der Waals surface area contributed by atoms with Crippen LogP contribution in [0.2, 0.25) is 0 Å². The monoisotopic (exact) mass is 561 g/mol. The van der Waals surface area contributed by atoms with Crippen molar-refractivity contribution in [3.05, 3.63) is 71.8 Å². The number of aliphatic hydroxyl groups excluding tert-OH is 2. The molecule has 3 unspecified atom stereocenters. The van der Waals surface area contributed by atoms with Gasteiger partial charge in [0.2, 0.25) is 5.91 Å². The van der Waals surface area contributed by atoms with Crippen molar-refractivity contribution in [1.82, 2.24) is 19.5 Å². The Balaban J connectivity index is 1.51. The number of hydrogen-bond donors (Lipinski definition) is 5. The normalized spacial score (nSPS) is 25.8. The van der Waals surface area contributed by atoms with Gasteiger partial charge < -0.3 is 31.5 Å². The summed E-state index contributed by atoms with van der Waals surface area (Å²) in [6.07, 6.45) is 4.95. The number of amides is 1. The van der Waals surface area contributed by atoms with Gasteiger partial charge in [-0.1, -0.05) is 30.3 Å². The molecule has 7 N–H and O–H groups in total. The minimum Gasteiger partial charge on any atom is -0.478 e. The van der Waals surface area contributed by atoms with Crippen molar-refractivity contribution >= 4 is 35.1 Å². The summed E-state index contributed by atoms with van der Waals surface area (Å²) in [6.45, 7) is 0. The summed E-state index contributed by atoms with van der Waals surface area (Å²) < 4.78 is 7.49. The van der Waals surface area contributed by atoms with Gasteiger partial charge in [0.05, 0.1) is 12.4 Å². The second-order valence-corrected chi connectivity index (χ2v) is 10.1. The number of aromatic nitrogens is 4. The third kappa shape index (κ3) is 5.87. The number of carbonyl (C=O) groups is 2. The molecule has 214 valence electrons. The number of anilines is 1. The molecule has 2 aliphatic heterocycles. The van der Waals surface area contributed by atoms with Crippen LogP contribution in [0.15, 0.2) is 65.5 Å². The molecule has 2 aliphatic rings. The van der Waals surface area contributed by atoms with Gasteiger partial charge in [-0.25, -0.2) is 19.7 Å². The van der Waals surface area contributed by atoms with Crippen molar-refractivity contribution in [2.45, 2.75) is 62.2 Å². The van der Waals surface area contributed by atoms with Crippen LogP contribution < -0.4 is 11.5 Å². The van der Waals surface area contributed by atoms with Crippen LogP contribution in [-0.2, 0) is 26.3 Å². The number of carboxylic acid groups (broad SMARTS) is 1. The fraction of sp³-hybridized carbons (Fsp3) is 0.357. The van der Waals surface area contributed by atoms with Gasteiger partial charge in [-0.2, -0.15) is 0 Å². The summed E-state index contributed by atoms with van der Waals surface area (Å²) in [7, 11) is 0. The van der Waals surface area contributed by atoms with E-state index in [0.29, 0.717) is 31.3 Å². The fourth-order valence-corrected chi connectivity index (χ4v) is 5.14. The van der Waals surface area contributed by atoms with Crippen molar-refractivity contribution in [1.29, 1.82) is 0 Å². The van der Waals surface area contributed by atoms with E-state index in [9.17, 15) is 19.8 Å². The zero-order valence-electron chi connectivity index (χ0n) is 22.1. The number of ether oxygens (including phenoxy) is 1. The second-order valence-electron chi connectivity index (χ2n) is 10.1. The van der Waals surface area contributed by atoms with Gasteiger partial charge >= 0.3 is 5.97 Å². The Morgan fingerprint density at radius 1 is 1.15 bits per heavy atom. The maximum absolute atomic E-state index is 11.1. The van der Waals surface area contributed by atoms with Crippen LogP contribution in [0.3, 0.4) is 0 Å². The van der Waals surface area contributed by atoms with Gasteiger partial charge in [-0.05, 0) is 49.0 Å². The van der Waals surface area contributed by atoms with Crippen LogP contribution in [0.25, 0.3) is 11.2 Å². The SMILES string of the molecule is NC(=O)CCC[C@H]1O[C@@H](n2cnc3c(N)nc(C4(CCc5ccccc5)C=C(C=CC(=O)O)C=N4)nc32)C(O)C1O. The third-order valence-corrected chi connectivity index (χ3v) is 7.26. The van der Waals surface area contributed by atoms with Crippen molar-refractivity contribution in [2.24, 2.45) is 10.7 Å². The third-order valence-electron chi connectivity index (χ3n) is 7.26. The summed E-state index contributed by atoms with van der Waals surface area (Å²) in [6, 6.07) is 9.81. The summed E-state index contributed by atoms with van der Waals surface area (Å²) >= 11 is 0. The van der Waals surface area contributed by atoms with E-state index in [2.05, 4.69) is 9.97 Å². The minimum absolute atomic E-state index is 0.0898. The molecule has 2 aromatic heterocycles. The van der Waals surface area contributed by atoms with Crippen molar-refractivity contribution in [2.75, 3.05) is 5.73 Å². The van der Waals surface area contributed by atoms with Crippen LogP contribution in [0.5, 0.6) is 0 Å². The lowest BCUT2D eigenvalue weighted by molar-refractivity contribution is -0.131. The number of carbonyl (C=O) groups excluding carboxylic acids is 1. The molecule has 0 radical (unpaired) electrons. The molecule has 3 aromatic rings. The molecule has 0 bridgehead atoms. The van der Waals surface area contributed by atoms with E-state index in [1.54, 1.807) is 12.3 Å². The molecule has 13 nitrogen and oxygen atoms in total. The maximum Gasteiger partial charge on any atom is 0.328 e. The Morgan fingerprint density at radius 3 is 2.66 bits per heavy atom. The highest BCUT2D eigenvalue weighted by Gasteiger charge is 2.44. The molecular formula is C28H31N7O6. The Bertz CT molecular complexity index is 1540. The van der Waals surface area contributed by atoms with Crippen LogP contribution >= 0.6 is 0 Å². The van der Waals surface area contributed by atoms with Crippen LogP contribution in [0.4, 0.5) is 5.82 Å². The first-order valence-corrected chi connectivity index (χ1v) is 13.2. The quantitative estimate of drug-likeness (QED) is 0.211. The maximum atomic E-state index is 11.1. The Morgan fingerprint density at radius 2 is 1.93 bits per heavy atom. The van der Waals surface area contributed by atoms with Crippen molar-refractivity contribution < 1.29 is 29.6 Å². The molecule has 0 aliphatic carbocycles. The molecule has 0 saturated carbocycles. The number of fused-ring (bicyclic) bond motifs is 1. The Labute approximate surface area is 234 Å². The zero-order chi connectivity index (χ0) is 29.1. The number of aliphatic carboxylic acids is 1. The number of nitrogens with two attached hydrogens (primary N) is 2. The second kappa shape index (κ2) is 11.6. The van der Waals surface area contributed by atoms with Crippen molar-refractivity contribution in [3.63, 3.8) is 0 Å². The largest absolute Gasteiger partial charge is 0.478 e. The molecule has 13 heteroatoms. The van der Waals surface area contributed by atoms with Gasteiger partial charge in [0.15, 0.2) is 23.5 Å². The summed E-state index contributed by atoms with van der Waals surface area (Å²) in [5, 5.41) is 30.6. The number of benzene rings is 1. The molecular weight excluding hydrogens is 530 g/mol. The number of nitrogens with zero attached hydrogens (tertiary/aromatic N) is 5. The summed E-state index contributed by atoms with van der Waals surface area (Å²) in [5.74, 6) is -1.19. The number of nitrogen functional groups attached to an aromatic ring is 1. The van der Waals surface area contributed by atoms with E-state index < -0.39 is 42.0 Å². The average molecular weight is 562 g/mol.